The van der Waals surface area contributed by atoms with E-state index in [1.54, 1.807) is 0 Å². The highest BCUT2D eigenvalue weighted by molar-refractivity contribution is 5.00. The second-order valence-corrected chi connectivity index (χ2v) is 8.86. The van der Waals surface area contributed by atoms with Crippen LogP contribution in [0.3, 0.4) is 0 Å². The average Bonchev–Trinajstić information content (AvgIpc) is 2.12. The first kappa shape index (κ1) is 14.3. The molecule has 0 aromatic carbocycles. The molecule has 106 valence electrons. The Labute approximate surface area is 114 Å². The third kappa shape index (κ3) is 3.27. The van der Waals surface area contributed by atoms with Crippen LogP contribution in [0.1, 0.15) is 54.4 Å². The van der Waals surface area contributed by atoms with Gasteiger partial charge in [-0.05, 0) is 57.5 Å². The summed E-state index contributed by atoms with van der Waals surface area (Å²) < 4.78 is 0. The highest BCUT2D eigenvalue weighted by Gasteiger charge is 2.46. The number of nitrogens with zero attached hydrogens (tertiary/aromatic N) is 2. The summed E-state index contributed by atoms with van der Waals surface area (Å²) in [6.07, 6.45) is 2.82. The summed E-state index contributed by atoms with van der Waals surface area (Å²) in [5.74, 6) is 0. The van der Waals surface area contributed by atoms with Crippen molar-refractivity contribution in [2.45, 2.75) is 59.9 Å². The van der Waals surface area contributed by atoms with Crippen molar-refractivity contribution in [3.05, 3.63) is 0 Å². The lowest BCUT2D eigenvalue weighted by molar-refractivity contribution is -0.0723. The maximum atomic E-state index is 2.66. The van der Waals surface area contributed by atoms with E-state index < -0.39 is 0 Å². The van der Waals surface area contributed by atoms with Crippen molar-refractivity contribution in [3.8, 4) is 0 Å². The zero-order valence-electron chi connectivity index (χ0n) is 13.3. The fraction of sp³-hybridized carbons (Fsp3) is 1.00. The molecule has 2 aliphatic rings. The number of hydrogen-bond acceptors (Lipinski definition) is 2. The van der Waals surface area contributed by atoms with Gasteiger partial charge in [0.15, 0.2) is 0 Å². The minimum Gasteiger partial charge on any atom is -0.302 e. The third-order valence-corrected chi connectivity index (χ3v) is 4.59. The van der Waals surface area contributed by atoms with Gasteiger partial charge >= 0.3 is 0 Å². The molecule has 2 aliphatic heterocycles. The molecule has 2 saturated heterocycles. The molecule has 2 rings (SSSR count). The number of likely N-dealkylation sites (tertiary alicyclic amines) is 2. The van der Waals surface area contributed by atoms with Gasteiger partial charge in [-0.1, -0.05) is 20.8 Å². The van der Waals surface area contributed by atoms with E-state index in [9.17, 15) is 0 Å². The second-order valence-electron chi connectivity index (χ2n) is 8.86. The van der Waals surface area contributed by atoms with Gasteiger partial charge in [0.25, 0.3) is 0 Å². The van der Waals surface area contributed by atoms with E-state index >= 15 is 0 Å². The molecule has 2 heteroatoms. The van der Waals surface area contributed by atoms with E-state index in [2.05, 4.69) is 51.3 Å². The van der Waals surface area contributed by atoms with Crippen LogP contribution in [0, 0.1) is 10.8 Å². The van der Waals surface area contributed by atoms with Crippen molar-refractivity contribution in [2.24, 2.45) is 10.8 Å². The van der Waals surface area contributed by atoms with Gasteiger partial charge in [-0.3, -0.25) is 4.90 Å². The van der Waals surface area contributed by atoms with Crippen LogP contribution in [0.2, 0.25) is 0 Å². The Morgan fingerprint density at radius 3 is 1.78 bits per heavy atom. The van der Waals surface area contributed by atoms with Crippen LogP contribution in [0.25, 0.3) is 0 Å². The van der Waals surface area contributed by atoms with Crippen LogP contribution in [-0.4, -0.2) is 48.1 Å². The fourth-order valence-corrected chi connectivity index (χ4v) is 3.65. The van der Waals surface area contributed by atoms with E-state index in [0.717, 1.165) is 0 Å². The summed E-state index contributed by atoms with van der Waals surface area (Å²) in [4.78, 5) is 5.32. The first-order valence-corrected chi connectivity index (χ1v) is 7.57. The van der Waals surface area contributed by atoms with Crippen LogP contribution in [0.15, 0.2) is 0 Å². The van der Waals surface area contributed by atoms with Gasteiger partial charge in [0, 0.05) is 25.2 Å². The number of rotatable bonds is 1. The van der Waals surface area contributed by atoms with Crippen molar-refractivity contribution in [3.63, 3.8) is 0 Å². The average molecular weight is 252 g/mol. The van der Waals surface area contributed by atoms with Crippen LogP contribution in [-0.2, 0) is 0 Å². The van der Waals surface area contributed by atoms with Crippen LogP contribution >= 0.6 is 0 Å². The van der Waals surface area contributed by atoms with Crippen molar-refractivity contribution in [1.82, 2.24) is 9.80 Å². The highest BCUT2D eigenvalue weighted by Crippen LogP contribution is 2.42. The summed E-state index contributed by atoms with van der Waals surface area (Å²) in [7, 11) is 0. The molecule has 0 saturated carbocycles. The van der Waals surface area contributed by atoms with Gasteiger partial charge < -0.3 is 4.90 Å². The zero-order valence-corrected chi connectivity index (χ0v) is 13.3. The van der Waals surface area contributed by atoms with E-state index in [1.165, 1.54) is 45.6 Å². The van der Waals surface area contributed by atoms with Gasteiger partial charge in [0.05, 0.1) is 0 Å². The normalized spacial score (nSPS) is 26.3. The molecule has 2 heterocycles. The smallest absolute Gasteiger partial charge is 0.0125 e. The third-order valence-electron chi connectivity index (χ3n) is 4.59. The second kappa shape index (κ2) is 4.49. The van der Waals surface area contributed by atoms with E-state index in [1.807, 2.05) is 0 Å². The van der Waals surface area contributed by atoms with Crippen molar-refractivity contribution in [2.75, 3.05) is 32.7 Å². The predicted molar refractivity (Wildman–Crippen MR) is 78.9 cm³/mol. The number of hydrogen-bond donors (Lipinski definition) is 0. The van der Waals surface area contributed by atoms with Gasteiger partial charge in [0.1, 0.15) is 0 Å². The molecule has 0 bridgehead atoms. The molecule has 2 nitrogen and oxygen atoms in total. The lowest BCUT2D eigenvalue weighted by Crippen LogP contribution is -2.62. The van der Waals surface area contributed by atoms with Crippen LogP contribution < -0.4 is 0 Å². The topological polar surface area (TPSA) is 6.48 Å². The molecule has 18 heavy (non-hydrogen) atoms. The SMILES string of the molecule is CC(C)(C)CN1CC2(CCN(C(C)(C)C)CC2)C1. The minimum atomic E-state index is 0.358. The van der Waals surface area contributed by atoms with Crippen molar-refractivity contribution < 1.29 is 0 Å². The van der Waals surface area contributed by atoms with Crippen molar-refractivity contribution >= 4 is 0 Å². The van der Waals surface area contributed by atoms with Gasteiger partial charge in [0.2, 0.25) is 0 Å². The largest absolute Gasteiger partial charge is 0.302 e. The van der Waals surface area contributed by atoms with Gasteiger partial charge in [-0.25, -0.2) is 0 Å². The summed E-state index contributed by atoms with van der Waals surface area (Å²) in [5.41, 5.74) is 1.48. The molecule has 0 atom stereocenters. The minimum absolute atomic E-state index is 0.358. The Morgan fingerprint density at radius 2 is 1.39 bits per heavy atom. The molecule has 0 radical (unpaired) electrons. The number of piperidine rings is 1. The monoisotopic (exact) mass is 252 g/mol. The quantitative estimate of drug-likeness (QED) is 0.707. The Hall–Kier alpha value is -0.0800. The fourth-order valence-electron chi connectivity index (χ4n) is 3.65. The standard InChI is InChI=1S/C16H32N2/c1-14(2,3)11-17-12-16(13-17)7-9-18(10-8-16)15(4,5)6/h7-13H2,1-6H3. The Balaban J connectivity index is 1.79. The summed E-state index contributed by atoms with van der Waals surface area (Å²) >= 11 is 0. The van der Waals surface area contributed by atoms with Crippen molar-refractivity contribution in [1.29, 1.82) is 0 Å². The van der Waals surface area contributed by atoms with E-state index in [0.29, 0.717) is 16.4 Å². The molecule has 0 N–H and O–H groups in total. The maximum absolute atomic E-state index is 2.66. The molecule has 2 fully saturated rings. The molecule has 0 aromatic heterocycles. The molecular formula is C16H32N2. The molecule has 0 unspecified atom stereocenters. The lowest BCUT2D eigenvalue weighted by atomic mass is 9.70. The Morgan fingerprint density at radius 1 is 0.889 bits per heavy atom. The van der Waals surface area contributed by atoms with E-state index in [4.69, 9.17) is 0 Å². The zero-order chi connectivity index (χ0) is 13.6. The molecular weight excluding hydrogens is 220 g/mol. The van der Waals surface area contributed by atoms with Gasteiger partial charge in [-0.15, -0.1) is 0 Å². The molecule has 1 spiro atoms. The molecule has 0 aliphatic carbocycles. The first-order chi connectivity index (χ1) is 8.10. The summed E-state index contributed by atoms with van der Waals surface area (Å²) in [6, 6.07) is 0. The molecule has 0 aromatic rings. The Kier molecular flexibility index (Phi) is 3.57. The van der Waals surface area contributed by atoms with E-state index in [-0.39, 0.29) is 0 Å². The van der Waals surface area contributed by atoms with Crippen LogP contribution in [0.5, 0.6) is 0 Å². The van der Waals surface area contributed by atoms with Crippen LogP contribution in [0.4, 0.5) is 0 Å². The first-order valence-electron chi connectivity index (χ1n) is 7.57. The summed E-state index contributed by atoms with van der Waals surface area (Å²) in [5, 5.41) is 0. The Bertz CT molecular complexity index is 272. The maximum Gasteiger partial charge on any atom is 0.0125 e. The lowest BCUT2D eigenvalue weighted by Gasteiger charge is -2.56. The van der Waals surface area contributed by atoms with Gasteiger partial charge in [-0.2, -0.15) is 0 Å². The molecule has 0 amide bonds. The summed E-state index contributed by atoms with van der Waals surface area (Å²) in [6.45, 7) is 20.6. The highest BCUT2D eigenvalue weighted by atomic mass is 15.2. The predicted octanol–water partition coefficient (Wildman–Crippen LogP) is 3.23.